The Morgan fingerprint density at radius 3 is 2.20 bits per heavy atom. The molecule has 0 bridgehead atoms. The van der Waals surface area contributed by atoms with Crippen LogP contribution in [-0.4, -0.2) is 32.2 Å². The van der Waals surface area contributed by atoms with Crippen molar-refractivity contribution < 1.29 is 9.47 Å². The third-order valence-corrected chi connectivity index (χ3v) is 3.70. The van der Waals surface area contributed by atoms with Crippen LogP contribution in [0.5, 0.6) is 11.5 Å². The first-order chi connectivity index (χ1) is 9.76. The Bertz CT molecular complexity index is 398. The molecule has 3 nitrogen and oxygen atoms in total. The normalized spacial score (nSPS) is 15.2. The van der Waals surface area contributed by atoms with Gasteiger partial charge in [0.15, 0.2) is 0 Å². The molecule has 0 atom stereocenters. The highest BCUT2D eigenvalue weighted by Gasteiger charge is 2.15. The highest BCUT2D eigenvalue weighted by Crippen LogP contribution is 2.32. The Kier molecular flexibility index (Phi) is 7.45. The Balaban J connectivity index is 0.000000956. The SMILES string of the molecule is CC.COc1ccc(CN2CCCCC2)c(OC)c1C. The predicted octanol–water partition coefficient (Wildman–Crippen LogP) is 4.02. The van der Waals surface area contributed by atoms with Crippen molar-refractivity contribution in [3.8, 4) is 11.5 Å². The Hall–Kier alpha value is -1.22. The molecule has 1 aliphatic rings. The summed E-state index contributed by atoms with van der Waals surface area (Å²) in [6.07, 6.45) is 4.00. The van der Waals surface area contributed by atoms with Gasteiger partial charge >= 0.3 is 0 Å². The van der Waals surface area contributed by atoms with Gasteiger partial charge in [-0.1, -0.05) is 26.3 Å². The van der Waals surface area contributed by atoms with E-state index in [0.29, 0.717) is 0 Å². The molecule has 0 amide bonds. The average molecular weight is 279 g/mol. The summed E-state index contributed by atoms with van der Waals surface area (Å²) in [6.45, 7) is 9.44. The number of hydrogen-bond acceptors (Lipinski definition) is 3. The molecule has 1 fully saturated rings. The fraction of sp³-hybridized carbons (Fsp3) is 0.647. The second-order valence-corrected chi connectivity index (χ2v) is 4.92. The number of methoxy groups -OCH3 is 2. The Morgan fingerprint density at radius 1 is 1.00 bits per heavy atom. The second kappa shape index (κ2) is 8.85. The molecule has 2 rings (SSSR count). The maximum Gasteiger partial charge on any atom is 0.129 e. The molecule has 0 N–H and O–H groups in total. The fourth-order valence-corrected chi connectivity index (χ4v) is 2.72. The van der Waals surface area contributed by atoms with Crippen molar-refractivity contribution in [3.63, 3.8) is 0 Å². The van der Waals surface area contributed by atoms with Gasteiger partial charge in [-0.15, -0.1) is 0 Å². The maximum atomic E-state index is 5.55. The quantitative estimate of drug-likeness (QED) is 0.830. The van der Waals surface area contributed by atoms with Gasteiger partial charge in [-0.3, -0.25) is 4.90 Å². The monoisotopic (exact) mass is 279 g/mol. The molecule has 1 aromatic carbocycles. The molecule has 0 aromatic heterocycles. The van der Waals surface area contributed by atoms with Crippen LogP contribution in [-0.2, 0) is 6.54 Å². The highest BCUT2D eigenvalue weighted by atomic mass is 16.5. The molecule has 0 radical (unpaired) electrons. The van der Waals surface area contributed by atoms with Crippen LogP contribution in [0.2, 0.25) is 0 Å². The lowest BCUT2D eigenvalue weighted by Crippen LogP contribution is -2.29. The van der Waals surface area contributed by atoms with Crippen LogP contribution in [0, 0.1) is 6.92 Å². The highest BCUT2D eigenvalue weighted by molar-refractivity contribution is 5.49. The van der Waals surface area contributed by atoms with Gasteiger partial charge in [0.1, 0.15) is 11.5 Å². The molecule has 1 aliphatic heterocycles. The van der Waals surface area contributed by atoms with Gasteiger partial charge in [-0.2, -0.15) is 0 Å². The van der Waals surface area contributed by atoms with Crippen molar-refractivity contribution in [2.45, 2.75) is 46.6 Å². The largest absolute Gasteiger partial charge is 0.496 e. The minimum absolute atomic E-state index is 0.897. The number of likely N-dealkylation sites (tertiary alicyclic amines) is 1. The molecule has 0 spiro atoms. The van der Waals surface area contributed by atoms with E-state index in [1.54, 1.807) is 14.2 Å². The van der Waals surface area contributed by atoms with E-state index in [2.05, 4.69) is 17.9 Å². The number of piperidine rings is 1. The molecule has 0 aliphatic carbocycles. The summed E-state index contributed by atoms with van der Waals surface area (Å²) in [6, 6.07) is 4.16. The van der Waals surface area contributed by atoms with Gasteiger partial charge in [0.25, 0.3) is 0 Å². The Labute approximate surface area is 123 Å². The van der Waals surface area contributed by atoms with E-state index < -0.39 is 0 Å². The summed E-state index contributed by atoms with van der Waals surface area (Å²) in [7, 11) is 3.44. The van der Waals surface area contributed by atoms with Crippen molar-refractivity contribution in [1.29, 1.82) is 0 Å². The molecule has 3 heteroatoms. The third kappa shape index (κ3) is 4.14. The first-order valence-electron chi connectivity index (χ1n) is 7.69. The minimum atomic E-state index is 0.897. The molecular weight excluding hydrogens is 250 g/mol. The predicted molar refractivity (Wildman–Crippen MR) is 84.8 cm³/mol. The number of nitrogens with zero attached hydrogens (tertiary/aromatic N) is 1. The molecule has 114 valence electrons. The minimum Gasteiger partial charge on any atom is -0.496 e. The lowest BCUT2D eigenvalue weighted by atomic mass is 10.1. The van der Waals surface area contributed by atoms with E-state index in [1.807, 2.05) is 19.9 Å². The number of rotatable bonds is 4. The first-order valence-corrected chi connectivity index (χ1v) is 7.69. The summed E-state index contributed by atoms with van der Waals surface area (Å²) in [5, 5.41) is 0. The molecular formula is C17H29NO2. The summed E-state index contributed by atoms with van der Waals surface area (Å²) >= 11 is 0. The molecule has 20 heavy (non-hydrogen) atoms. The van der Waals surface area contributed by atoms with Crippen molar-refractivity contribution in [1.82, 2.24) is 4.90 Å². The van der Waals surface area contributed by atoms with Crippen LogP contribution in [0.3, 0.4) is 0 Å². The van der Waals surface area contributed by atoms with Crippen molar-refractivity contribution in [2.75, 3.05) is 27.3 Å². The van der Waals surface area contributed by atoms with Gasteiger partial charge in [-0.05, 0) is 38.9 Å². The van der Waals surface area contributed by atoms with Crippen LogP contribution < -0.4 is 9.47 Å². The van der Waals surface area contributed by atoms with Gasteiger partial charge in [-0.25, -0.2) is 0 Å². The lowest BCUT2D eigenvalue weighted by molar-refractivity contribution is 0.218. The van der Waals surface area contributed by atoms with Gasteiger partial charge in [0.05, 0.1) is 14.2 Å². The summed E-state index contributed by atoms with van der Waals surface area (Å²) < 4.78 is 10.9. The second-order valence-electron chi connectivity index (χ2n) is 4.92. The lowest BCUT2D eigenvalue weighted by Gasteiger charge is -2.27. The van der Waals surface area contributed by atoms with E-state index >= 15 is 0 Å². The summed E-state index contributed by atoms with van der Waals surface area (Å²) in [5.41, 5.74) is 2.35. The van der Waals surface area contributed by atoms with Crippen molar-refractivity contribution in [2.24, 2.45) is 0 Å². The van der Waals surface area contributed by atoms with E-state index in [9.17, 15) is 0 Å². The van der Waals surface area contributed by atoms with E-state index in [-0.39, 0.29) is 0 Å². The topological polar surface area (TPSA) is 21.7 Å². The smallest absolute Gasteiger partial charge is 0.129 e. The zero-order valence-electron chi connectivity index (χ0n) is 13.7. The van der Waals surface area contributed by atoms with Crippen LogP contribution in [0.15, 0.2) is 12.1 Å². The van der Waals surface area contributed by atoms with E-state index in [4.69, 9.17) is 9.47 Å². The van der Waals surface area contributed by atoms with Crippen LogP contribution in [0.1, 0.15) is 44.2 Å². The summed E-state index contributed by atoms with van der Waals surface area (Å²) in [5.74, 6) is 1.87. The van der Waals surface area contributed by atoms with Gasteiger partial charge in [0.2, 0.25) is 0 Å². The molecule has 0 saturated carbocycles. The van der Waals surface area contributed by atoms with Gasteiger partial charge in [0, 0.05) is 17.7 Å². The number of hydrogen-bond donors (Lipinski definition) is 0. The van der Waals surface area contributed by atoms with Crippen molar-refractivity contribution in [3.05, 3.63) is 23.3 Å². The zero-order valence-corrected chi connectivity index (χ0v) is 13.7. The molecule has 1 aromatic rings. The van der Waals surface area contributed by atoms with Crippen LogP contribution >= 0.6 is 0 Å². The van der Waals surface area contributed by atoms with Gasteiger partial charge < -0.3 is 9.47 Å². The standard InChI is InChI=1S/C15H23NO2.C2H6/c1-12-14(17-2)8-7-13(15(12)18-3)11-16-9-5-4-6-10-16;1-2/h7-8H,4-6,9-11H2,1-3H3;1-2H3. The summed E-state index contributed by atoms with van der Waals surface area (Å²) in [4.78, 5) is 2.51. The first kappa shape index (κ1) is 16.8. The molecule has 1 heterocycles. The van der Waals surface area contributed by atoms with Crippen LogP contribution in [0.4, 0.5) is 0 Å². The zero-order chi connectivity index (χ0) is 15.0. The molecule has 1 saturated heterocycles. The van der Waals surface area contributed by atoms with Crippen LogP contribution in [0.25, 0.3) is 0 Å². The number of ether oxygens (including phenoxy) is 2. The molecule has 0 unspecified atom stereocenters. The fourth-order valence-electron chi connectivity index (χ4n) is 2.72. The average Bonchev–Trinajstić information content (AvgIpc) is 2.51. The third-order valence-electron chi connectivity index (χ3n) is 3.70. The number of benzene rings is 1. The van der Waals surface area contributed by atoms with E-state index in [0.717, 1.165) is 23.6 Å². The van der Waals surface area contributed by atoms with Crippen molar-refractivity contribution >= 4 is 0 Å². The Morgan fingerprint density at radius 2 is 1.65 bits per heavy atom. The maximum absolute atomic E-state index is 5.55. The van der Waals surface area contributed by atoms with E-state index in [1.165, 1.54) is 37.9 Å².